The van der Waals surface area contributed by atoms with Gasteiger partial charge in [-0.15, -0.1) is 11.8 Å². The van der Waals surface area contributed by atoms with Crippen molar-refractivity contribution in [3.8, 4) is 0 Å². The molecule has 0 aliphatic carbocycles. The van der Waals surface area contributed by atoms with Gasteiger partial charge in [0.15, 0.2) is 0 Å². The van der Waals surface area contributed by atoms with Crippen LogP contribution >= 0.6 is 11.8 Å². The quantitative estimate of drug-likeness (QED) is 0.443. The fraction of sp³-hybridized carbons (Fsp3) is 0.400. The van der Waals surface area contributed by atoms with Crippen LogP contribution in [0.4, 0.5) is 10.5 Å². The topological polar surface area (TPSA) is 63.2 Å². The Kier molecular flexibility index (Phi) is 9.61. The third kappa shape index (κ3) is 8.36. The van der Waals surface area contributed by atoms with E-state index in [-0.39, 0.29) is 6.03 Å². The Hall–Kier alpha value is -2.05. The van der Waals surface area contributed by atoms with Gasteiger partial charge in [-0.25, -0.2) is 9.78 Å². The number of anilines is 1. The van der Waals surface area contributed by atoms with Gasteiger partial charge in [0.2, 0.25) is 0 Å². The number of amides is 2. The molecule has 5 nitrogen and oxygen atoms in total. The second-order valence-corrected chi connectivity index (χ2v) is 6.85. The van der Waals surface area contributed by atoms with Gasteiger partial charge in [0, 0.05) is 37.4 Å². The van der Waals surface area contributed by atoms with E-state index in [2.05, 4.69) is 22.5 Å². The fourth-order valence-electron chi connectivity index (χ4n) is 2.23. The molecule has 1 aromatic heterocycles. The minimum atomic E-state index is -0.187. The van der Waals surface area contributed by atoms with Gasteiger partial charge >= 0.3 is 6.03 Å². The van der Waals surface area contributed by atoms with Crippen molar-refractivity contribution in [2.24, 2.45) is 0 Å². The van der Waals surface area contributed by atoms with Crippen molar-refractivity contribution in [2.75, 3.05) is 25.1 Å². The lowest BCUT2D eigenvalue weighted by atomic mass is 10.2. The molecule has 0 aliphatic heterocycles. The highest BCUT2D eigenvalue weighted by Gasteiger charge is 2.03. The fourth-order valence-corrected chi connectivity index (χ4v) is 3.03. The number of nitrogens with zero attached hydrogens (tertiary/aromatic N) is 1. The van der Waals surface area contributed by atoms with Gasteiger partial charge in [-0.2, -0.15) is 0 Å². The Balaban J connectivity index is 1.67. The summed E-state index contributed by atoms with van der Waals surface area (Å²) in [6, 6.07) is 13.6. The van der Waals surface area contributed by atoms with Gasteiger partial charge in [-0.3, -0.25) is 0 Å². The molecule has 0 radical (unpaired) electrons. The monoisotopic (exact) mass is 373 g/mol. The smallest absolute Gasteiger partial charge is 0.319 e. The van der Waals surface area contributed by atoms with Crippen LogP contribution in [-0.2, 0) is 10.5 Å². The first-order chi connectivity index (χ1) is 12.8. The van der Waals surface area contributed by atoms with Crippen molar-refractivity contribution in [1.29, 1.82) is 0 Å². The number of carbonyl (C=O) groups is 1. The molecule has 0 atom stereocenters. The highest BCUT2D eigenvalue weighted by atomic mass is 32.2. The van der Waals surface area contributed by atoms with Crippen LogP contribution in [0.2, 0.25) is 0 Å². The van der Waals surface area contributed by atoms with Crippen molar-refractivity contribution >= 4 is 23.5 Å². The lowest BCUT2D eigenvalue weighted by Crippen LogP contribution is -2.30. The zero-order valence-electron chi connectivity index (χ0n) is 15.2. The molecule has 2 amide bonds. The summed E-state index contributed by atoms with van der Waals surface area (Å²) >= 11 is 1.67. The standard InChI is InChI=1S/C20H27N3O2S/c1-2-3-13-25-14-7-12-22-20(24)23-18-9-6-8-17(15-18)16-26-19-10-4-5-11-21-19/h4-6,8-11,15H,2-3,7,12-14,16H2,1H3,(H2,22,23,24). The molecule has 0 unspecified atom stereocenters. The Morgan fingerprint density at radius 3 is 2.85 bits per heavy atom. The van der Waals surface area contributed by atoms with E-state index in [0.717, 1.165) is 47.9 Å². The van der Waals surface area contributed by atoms with Crippen LogP contribution in [-0.4, -0.2) is 30.8 Å². The van der Waals surface area contributed by atoms with Crippen LogP contribution < -0.4 is 10.6 Å². The zero-order chi connectivity index (χ0) is 18.5. The number of urea groups is 1. The van der Waals surface area contributed by atoms with Gasteiger partial charge in [0.1, 0.15) is 0 Å². The number of ether oxygens (including phenoxy) is 1. The van der Waals surface area contributed by atoms with Crippen molar-refractivity contribution in [3.63, 3.8) is 0 Å². The minimum Gasteiger partial charge on any atom is -0.381 e. The average molecular weight is 374 g/mol. The number of hydrogen-bond acceptors (Lipinski definition) is 4. The first-order valence-corrected chi connectivity index (χ1v) is 10.0. The number of pyridine rings is 1. The third-order valence-corrected chi connectivity index (χ3v) is 4.62. The molecule has 0 saturated heterocycles. The van der Waals surface area contributed by atoms with Crippen LogP contribution in [0.1, 0.15) is 31.7 Å². The van der Waals surface area contributed by atoms with Gasteiger partial charge in [0.25, 0.3) is 0 Å². The molecular weight excluding hydrogens is 346 g/mol. The van der Waals surface area contributed by atoms with Crippen molar-refractivity contribution < 1.29 is 9.53 Å². The number of hydrogen-bond donors (Lipinski definition) is 2. The van der Waals surface area contributed by atoms with E-state index in [4.69, 9.17) is 4.74 Å². The summed E-state index contributed by atoms with van der Waals surface area (Å²) in [5.41, 5.74) is 1.93. The summed E-state index contributed by atoms with van der Waals surface area (Å²) in [4.78, 5) is 16.3. The Morgan fingerprint density at radius 2 is 2.04 bits per heavy atom. The predicted octanol–water partition coefficient (Wildman–Crippen LogP) is 4.70. The van der Waals surface area contributed by atoms with Crippen LogP contribution in [0.15, 0.2) is 53.7 Å². The number of aromatic nitrogens is 1. The van der Waals surface area contributed by atoms with Crippen LogP contribution in [0.5, 0.6) is 0 Å². The molecule has 1 aromatic carbocycles. The Labute approximate surface area is 159 Å². The summed E-state index contributed by atoms with van der Waals surface area (Å²) in [5.74, 6) is 0.809. The van der Waals surface area contributed by atoms with Gasteiger partial charge < -0.3 is 15.4 Å². The Bertz CT molecular complexity index is 653. The van der Waals surface area contributed by atoms with Crippen LogP contribution in [0.25, 0.3) is 0 Å². The molecular formula is C20H27N3O2S. The zero-order valence-corrected chi connectivity index (χ0v) is 16.1. The number of carbonyl (C=O) groups excluding carboxylic acids is 1. The lowest BCUT2D eigenvalue weighted by molar-refractivity contribution is 0.129. The number of nitrogens with one attached hydrogen (secondary N) is 2. The molecule has 2 rings (SSSR count). The van der Waals surface area contributed by atoms with E-state index >= 15 is 0 Å². The molecule has 0 fully saturated rings. The average Bonchev–Trinajstić information content (AvgIpc) is 2.67. The lowest BCUT2D eigenvalue weighted by Gasteiger charge is -2.09. The van der Waals surface area contributed by atoms with Gasteiger partial charge in [-0.1, -0.05) is 31.5 Å². The van der Waals surface area contributed by atoms with Crippen molar-refractivity contribution in [1.82, 2.24) is 10.3 Å². The van der Waals surface area contributed by atoms with Gasteiger partial charge in [-0.05, 0) is 42.7 Å². The normalized spacial score (nSPS) is 10.5. The number of thioether (sulfide) groups is 1. The molecule has 2 N–H and O–H groups in total. The van der Waals surface area contributed by atoms with E-state index in [1.807, 2.05) is 42.5 Å². The molecule has 140 valence electrons. The highest BCUT2D eigenvalue weighted by molar-refractivity contribution is 7.98. The summed E-state index contributed by atoms with van der Waals surface area (Å²) in [7, 11) is 0. The van der Waals surface area contributed by atoms with Crippen LogP contribution in [0.3, 0.4) is 0 Å². The number of unbranched alkanes of at least 4 members (excludes halogenated alkanes) is 1. The number of benzene rings is 1. The van der Waals surface area contributed by atoms with Crippen LogP contribution in [0, 0.1) is 0 Å². The maximum Gasteiger partial charge on any atom is 0.319 e. The summed E-state index contributed by atoms with van der Waals surface area (Å²) in [5, 5.41) is 6.72. The largest absolute Gasteiger partial charge is 0.381 e. The summed E-state index contributed by atoms with van der Waals surface area (Å²) < 4.78 is 5.47. The third-order valence-electron chi connectivity index (χ3n) is 3.60. The maximum atomic E-state index is 12.0. The van der Waals surface area contributed by atoms with E-state index < -0.39 is 0 Å². The first kappa shape index (κ1) is 20.3. The molecule has 2 aromatic rings. The highest BCUT2D eigenvalue weighted by Crippen LogP contribution is 2.22. The van der Waals surface area contributed by atoms with Crippen molar-refractivity contribution in [3.05, 3.63) is 54.2 Å². The second-order valence-electron chi connectivity index (χ2n) is 5.86. The van der Waals surface area contributed by atoms with Gasteiger partial charge in [0.05, 0.1) is 5.03 Å². The minimum absolute atomic E-state index is 0.187. The molecule has 0 spiro atoms. The summed E-state index contributed by atoms with van der Waals surface area (Å²) in [6.07, 6.45) is 4.83. The molecule has 1 heterocycles. The molecule has 6 heteroatoms. The van der Waals surface area contributed by atoms with E-state index in [1.54, 1.807) is 18.0 Å². The first-order valence-electron chi connectivity index (χ1n) is 9.03. The molecule has 26 heavy (non-hydrogen) atoms. The second kappa shape index (κ2) is 12.3. The molecule has 0 aliphatic rings. The van der Waals surface area contributed by atoms with E-state index in [9.17, 15) is 4.79 Å². The SMILES string of the molecule is CCCCOCCCNC(=O)Nc1cccc(CSc2ccccn2)c1. The van der Waals surface area contributed by atoms with E-state index in [0.29, 0.717) is 13.2 Å². The van der Waals surface area contributed by atoms with E-state index in [1.165, 1.54) is 0 Å². The van der Waals surface area contributed by atoms with Crippen molar-refractivity contribution in [2.45, 2.75) is 37.0 Å². The summed E-state index contributed by atoms with van der Waals surface area (Å²) in [6.45, 7) is 4.22. The Morgan fingerprint density at radius 1 is 1.15 bits per heavy atom. The molecule has 0 saturated carbocycles. The maximum absolute atomic E-state index is 12.0. The predicted molar refractivity (Wildman–Crippen MR) is 108 cm³/mol. The number of rotatable bonds is 11. The molecule has 0 bridgehead atoms.